The molecule has 4 heteroatoms. The zero-order valence-corrected chi connectivity index (χ0v) is 11.0. The van der Waals surface area contributed by atoms with Crippen LogP contribution in [0.25, 0.3) is 0 Å². The van der Waals surface area contributed by atoms with Crippen molar-refractivity contribution < 1.29 is 9.50 Å². The third-order valence-electron chi connectivity index (χ3n) is 3.03. The molecule has 2 aromatic rings. The number of hydrogen-bond acceptors (Lipinski definition) is 3. The second kappa shape index (κ2) is 6.69. The van der Waals surface area contributed by atoms with Gasteiger partial charge in [-0.25, -0.2) is 4.39 Å². The normalized spacial score (nSPS) is 10.1. The quantitative estimate of drug-likeness (QED) is 0.908. The highest BCUT2D eigenvalue weighted by Crippen LogP contribution is 2.19. The van der Waals surface area contributed by atoms with E-state index in [-0.39, 0.29) is 12.4 Å². The Morgan fingerprint density at radius 3 is 2.55 bits per heavy atom. The molecule has 0 spiro atoms. The number of benzene rings is 2. The molecule has 0 aliphatic heterocycles. The molecular formula is C16H15FN2O. The highest BCUT2D eigenvalue weighted by molar-refractivity contribution is 5.47. The van der Waals surface area contributed by atoms with Crippen LogP contribution in [0.15, 0.2) is 48.5 Å². The number of anilines is 1. The smallest absolute Gasteiger partial charge is 0.128 e. The first-order valence-electron chi connectivity index (χ1n) is 6.34. The van der Waals surface area contributed by atoms with Crippen molar-refractivity contribution in [2.45, 2.75) is 6.54 Å². The fourth-order valence-electron chi connectivity index (χ4n) is 2.03. The number of aliphatic hydroxyl groups is 1. The van der Waals surface area contributed by atoms with Gasteiger partial charge in [0.2, 0.25) is 0 Å². The minimum absolute atomic E-state index is 0.0194. The Labute approximate surface area is 117 Å². The van der Waals surface area contributed by atoms with Crippen LogP contribution in [0, 0.1) is 17.1 Å². The van der Waals surface area contributed by atoms with Crippen LogP contribution < -0.4 is 4.90 Å². The maximum atomic E-state index is 13.8. The summed E-state index contributed by atoms with van der Waals surface area (Å²) in [7, 11) is 0. The molecule has 2 rings (SSSR count). The summed E-state index contributed by atoms with van der Waals surface area (Å²) in [5, 5.41) is 18.0. The van der Waals surface area contributed by atoms with Gasteiger partial charge in [-0.15, -0.1) is 0 Å². The van der Waals surface area contributed by atoms with E-state index in [0.29, 0.717) is 24.2 Å². The first-order chi connectivity index (χ1) is 9.74. The van der Waals surface area contributed by atoms with Crippen molar-refractivity contribution in [3.63, 3.8) is 0 Å². The molecule has 0 fully saturated rings. The molecule has 3 nitrogen and oxygen atoms in total. The van der Waals surface area contributed by atoms with Gasteiger partial charge >= 0.3 is 0 Å². The molecular weight excluding hydrogens is 255 g/mol. The minimum atomic E-state index is -0.345. The molecule has 0 radical (unpaired) electrons. The molecule has 1 N–H and O–H groups in total. The van der Waals surface area contributed by atoms with Gasteiger partial charge in [-0.1, -0.05) is 18.2 Å². The van der Waals surface area contributed by atoms with E-state index >= 15 is 0 Å². The van der Waals surface area contributed by atoms with Crippen molar-refractivity contribution in [1.82, 2.24) is 0 Å². The maximum absolute atomic E-state index is 13.8. The lowest BCUT2D eigenvalue weighted by molar-refractivity contribution is 0.301. The molecule has 2 aromatic carbocycles. The van der Waals surface area contributed by atoms with E-state index in [9.17, 15) is 4.39 Å². The van der Waals surface area contributed by atoms with Gasteiger partial charge in [-0.3, -0.25) is 0 Å². The molecule has 0 aliphatic rings. The van der Waals surface area contributed by atoms with Crippen LogP contribution in [-0.2, 0) is 6.54 Å². The van der Waals surface area contributed by atoms with E-state index in [0.717, 1.165) is 5.69 Å². The number of para-hydroxylation sites is 1. The van der Waals surface area contributed by atoms with E-state index in [2.05, 4.69) is 0 Å². The average Bonchev–Trinajstić information content (AvgIpc) is 2.49. The number of aliphatic hydroxyl groups excluding tert-OH is 1. The first kappa shape index (κ1) is 14.0. The Balaban J connectivity index is 2.27. The van der Waals surface area contributed by atoms with Crippen molar-refractivity contribution in [1.29, 1.82) is 5.26 Å². The Kier molecular flexibility index (Phi) is 4.70. The highest BCUT2D eigenvalue weighted by atomic mass is 19.1. The van der Waals surface area contributed by atoms with Gasteiger partial charge in [0.05, 0.1) is 18.2 Å². The standard InChI is InChI=1S/C16H15FN2O/c17-16-7-6-13(11-18)10-14(16)12-19(8-9-20)15-4-2-1-3-5-15/h1-7,10,20H,8-9,12H2. The zero-order valence-electron chi connectivity index (χ0n) is 11.0. The predicted molar refractivity (Wildman–Crippen MR) is 75.7 cm³/mol. The molecule has 102 valence electrons. The predicted octanol–water partition coefficient (Wildman–Crippen LogP) is 2.70. The van der Waals surface area contributed by atoms with Gasteiger partial charge < -0.3 is 10.0 Å². The molecule has 0 aliphatic carbocycles. The van der Waals surface area contributed by atoms with Crippen LogP contribution in [0.3, 0.4) is 0 Å². The second-order valence-corrected chi connectivity index (χ2v) is 4.40. The fourth-order valence-corrected chi connectivity index (χ4v) is 2.03. The van der Waals surface area contributed by atoms with Gasteiger partial charge in [-0.05, 0) is 30.3 Å². The summed E-state index contributed by atoms with van der Waals surface area (Å²) in [6.07, 6.45) is 0. The third-order valence-corrected chi connectivity index (χ3v) is 3.03. The van der Waals surface area contributed by atoms with Gasteiger partial charge in [-0.2, -0.15) is 5.26 Å². The van der Waals surface area contributed by atoms with Gasteiger partial charge in [0, 0.05) is 24.3 Å². The highest BCUT2D eigenvalue weighted by Gasteiger charge is 2.10. The lowest BCUT2D eigenvalue weighted by atomic mass is 10.1. The summed E-state index contributed by atoms with van der Waals surface area (Å²) in [5.41, 5.74) is 1.78. The van der Waals surface area contributed by atoms with E-state index in [1.54, 1.807) is 6.07 Å². The number of hydrogen-bond donors (Lipinski definition) is 1. The summed E-state index contributed by atoms with van der Waals surface area (Å²) < 4.78 is 13.8. The van der Waals surface area contributed by atoms with E-state index in [1.165, 1.54) is 12.1 Å². The lowest BCUT2D eigenvalue weighted by Gasteiger charge is -2.24. The molecule has 0 atom stereocenters. The van der Waals surface area contributed by atoms with Crippen LogP contribution in [0.2, 0.25) is 0 Å². The summed E-state index contributed by atoms with van der Waals surface area (Å²) in [6.45, 7) is 0.695. The Bertz CT molecular complexity index is 608. The monoisotopic (exact) mass is 270 g/mol. The van der Waals surface area contributed by atoms with Crippen LogP contribution in [0.1, 0.15) is 11.1 Å². The number of nitrogens with zero attached hydrogens (tertiary/aromatic N) is 2. The van der Waals surface area contributed by atoms with Gasteiger partial charge in [0.1, 0.15) is 5.82 Å². The molecule has 0 unspecified atom stereocenters. The molecule has 0 amide bonds. The number of nitriles is 1. The van der Waals surface area contributed by atoms with Crippen molar-refractivity contribution in [2.75, 3.05) is 18.1 Å². The number of halogens is 1. The molecule has 0 aromatic heterocycles. The van der Waals surface area contributed by atoms with Crippen LogP contribution in [0.5, 0.6) is 0 Å². The summed E-state index contributed by atoms with van der Waals surface area (Å²) >= 11 is 0. The van der Waals surface area contributed by atoms with E-state index in [1.807, 2.05) is 41.3 Å². The SMILES string of the molecule is N#Cc1ccc(F)c(CN(CCO)c2ccccc2)c1. The minimum Gasteiger partial charge on any atom is -0.395 e. The van der Waals surface area contributed by atoms with Crippen molar-refractivity contribution in [2.24, 2.45) is 0 Å². The summed E-state index contributed by atoms with van der Waals surface area (Å²) in [5.74, 6) is -0.345. The molecule has 0 heterocycles. The van der Waals surface area contributed by atoms with Crippen LogP contribution >= 0.6 is 0 Å². The lowest BCUT2D eigenvalue weighted by Crippen LogP contribution is -2.26. The second-order valence-electron chi connectivity index (χ2n) is 4.40. The zero-order chi connectivity index (χ0) is 14.4. The van der Waals surface area contributed by atoms with Crippen LogP contribution in [0.4, 0.5) is 10.1 Å². The first-order valence-corrected chi connectivity index (χ1v) is 6.34. The molecule has 0 bridgehead atoms. The molecule has 0 saturated heterocycles. The largest absolute Gasteiger partial charge is 0.395 e. The number of rotatable bonds is 5. The topological polar surface area (TPSA) is 47.3 Å². The van der Waals surface area contributed by atoms with Crippen LogP contribution in [-0.4, -0.2) is 18.3 Å². The van der Waals surface area contributed by atoms with Gasteiger partial charge in [0.25, 0.3) is 0 Å². The average molecular weight is 270 g/mol. The summed E-state index contributed by atoms with van der Waals surface area (Å²) in [4.78, 5) is 1.87. The molecule has 0 saturated carbocycles. The van der Waals surface area contributed by atoms with Crippen molar-refractivity contribution in [3.05, 3.63) is 65.5 Å². The third kappa shape index (κ3) is 3.34. The van der Waals surface area contributed by atoms with Gasteiger partial charge in [0.15, 0.2) is 0 Å². The van der Waals surface area contributed by atoms with Crippen molar-refractivity contribution in [3.8, 4) is 6.07 Å². The fraction of sp³-hybridized carbons (Fsp3) is 0.188. The van der Waals surface area contributed by atoms with E-state index < -0.39 is 0 Å². The van der Waals surface area contributed by atoms with E-state index in [4.69, 9.17) is 10.4 Å². The van der Waals surface area contributed by atoms with Crippen molar-refractivity contribution >= 4 is 5.69 Å². The maximum Gasteiger partial charge on any atom is 0.128 e. The Morgan fingerprint density at radius 2 is 1.90 bits per heavy atom. The Hall–Kier alpha value is -2.38. The summed E-state index contributed by atoms with van der Waals surface area (Å²) in [6, 6.07) is 15.8. The molecule has 20 heavy (non-hydrogen) atoms. The Morgan fingerprint density at radius 1 is 1.15 bits per heavy atom.